The monoisotopic (exact) mass is 482 g/mol. The van der Waals surface area contributed by atoms with Gasteiger partial charge in [0.2, 0.25) is 0 Å². The van der Waals surface area contributed by atoms with E-state index in [1.165, 1.54) is 18.1 Å². The summed E-state index contributed by atoms with van der Waals surface area (Å²) in [5, 5.41) is 21.3. The highest BCUT2D eigenvalue weighted by Crippen LogP contribution is 2.42. The molecule has 1 aliphatic heterocycles. The number of hydrogen-bond acceptors (Lipinski definition) is 7. The van der Waals surface area contributed by atoms with Crippen molar-refractivity contribution in [3.8, 4) is 17.2 Å². The molecule has 1 fully saturated rings. The van der Waals surface area contributed by atoms with Crippen LogP contribution in [0.15, 0.2) is 48.0 Å². The smallest absolute Gasteiger partial charge is 0.295 e. The van der Waals surface area contributed by atoms with Crippen molar-refractivity contribution in [2.75, 3.05) is 39.9 Å². The van der Waals surface area contributed by atoms with E-state index >= 15 is 0 Å². The lowest BCUT2D eigenvalue weighted by Gasteiger charge is -2.27. The van der Waals surface area contributed by atoms with Gasteiger partial charge in [-0.25, -0.2) is 0 Å². The maximum Gasteiger partial charge on any atom is 0.295 e. The molecule has 1 amide bonds. The molecule has 3 rings (SSSR count). The van der Waals surface area contributed by atoms with Gasteiger partial charge in [0, 0.05) is 12.1 Å². The summed E-state index contributed by atoms with van der Waals surface area (Å²) in [5.74, 6) is -0.969. The summed E-state index contributed by atoms with van der Waals surface area (Å²) in [6.45, 7) is 9.36. The van der Waals surface area contributed by atoms with Crippen molar-refractivity contribution >= 4 is 17.4 Å². The molecule has 0 spiro atoms. The van der Waals surface area contributed by atoms with Crippen molar-refractivity contribution < 1.29 is 29.3 Å². The molecule has 1 saturated heterocycles. The number of ether oxygens (including phenoxy) is 2. The lowest BCUT2D eigenvalue weighted by atomic mass is 9.95. The minimum absolute atomic E-state index is 0.000713. The third kappa shape index (κ3) is 5.59. The van der Waals surface area contributed by atoms with Gasteiger partial charge in [-0.05, 0) is 62.8 Å². The number of likely N-dealkylation sites (tertiary alicyclic amines) is 1. The van der Waals surface area contributed by atoms with Crippen LogP contribution in [0.5, 0.6) is 17.2 Å². The number of phenolic OH excluding ortho intramolecular Hbond substituents is 1. The van der Waals surface area contributed by atoms with Crippen molar-refractivity contribution in [3.05, 3.63) is 59.2 Å². The van der Waals surface area contributed by atoms with Crippen molar-refractivity contribution in [1.82, 2.24) is 9.80 Å². The van der Waals surface area contributed by atoms with E-state index < -0.39 is 17.7 Å². The normalized spacial score (nSPS) is 17.3. The number of hydrogen-bond donors (Lipinski definition) is 2. The Morgan fingerprint density at radius 2 is 1.83 bits per heavy atom. The minimum atomic E-state index is -0.822. The van der Waals surface area contributed by atoms with E-state index in [4.69, 9.17) is 9.47 Å². The van der Waals surface area contributed by atoms with Gasteiger partial charge >= 0.3 is 0 Å². The average Bonchev–Trinajstić information content (AvgIpc) is 3.12. The number of ketones is 1. The fourth-order valence-corrected chi connectivity index (χ4v) is 4.38. The number of Topliss-reactive ketones (excluding diaryl/α,β-unsaturated/α-hetero) is 1. The molecule has 2 aromatic carbocycles. The minimum Gasteiger partial charge on any atom is -0.507 e. The number of carbonyl (C=O) groups is 2. The Morgan fingerprint density at radius 3 is 2.49 bits per heavy atom. The van der Waals surface area contributed by atoms with Gasteiger partial charge in [-0.2, -0.15) is 0 Å². The highest BCUT2D eigenvalue weighted by Gasteiger charge is 2.46. The summed E-state index contributed by atoms with van der Waals surface area (Å²) in [7, 11) is 1.43. The van der Waals surface area contributed by atoms with E-state index in [1.807, 2.05) is 6.92 Å². The van der Waals surface area contributed by atoms with Crippen molar-refractivity contribution in [2.45, 2.75) is 33.2 Å². The van der Waals surface area contributed by atoms with Crippen LogP contribution in [0.2, 0.25) is 0 Å². The molecule has 1 aliphatic rings. The number of amides is 1. The Labute approximate surface area is 206 Å². The third-order valence-electron chi connectivity index (χ3n) is 6.25. The highest BCUT2D eigenvalue weighted by atomic mass is 16.5. The molecular formula is C27H34N2O6. The van der Waals surface area contributed by atoms with Gasteiger partial charge < -0.3 is 29.5 Å². The fraction of sp³-hybridized carbons (Fsp3) is 0.407. The molecule has 1 atom stereocenters. The Balaban J connectivity index is 2.08. The quantitative estimate of drug-likeness (QED) is 0.284. The van der Waals surface area contributed by atoms with Gasteiger partial charge in [-0.3, -0.25) is 9.59 Å². The van der Waals surface area contributed by atoms with Crippen LogP contribution in [-0.2, 0) is 9.59 Å². The molecular weight excluding hydrogens is 448 g/mol. The van der Waals surface area contributed by atoms with Gasteiger partial charge in [0.15, 0.2) is 11.5 Å². The van der Waals surface area contributed by atoms with Gasteiger partial charge in [0.25, 0.3) is 11.7 Å². The van der Waals surface area contributed by atoms with Crippen LogP contribution in [-0.4, -0.2) is 71.6 Å². The average molecular weight is 483 g/mol. The van der Waals surface area contributed by atoms with Crippen LogP contribution in [0.3, 0.4) is 0 Å². The van der Waals surface area contributed by atoms with Crippen molar-refractivity contribution in [2.24, 2.45) is 0 Å². The third-order valence-corrected chi connectivity index (χ3v) is 6.25. The van der Waals surface area contributed by atoms with Crippen LogP contribution < -0.4 is 9.47 Å². The molecule has 0 radical (unpaired) electrons. The number of benzene rings is 2. The topological polar surface area (TPSA) is 99.5 Å². The molecule has 0 saturated carbocycles. The first-order valence-corrected chi connectivity index (χ1v) is 12.0. The molecule has 35 heavy (non-hydrogen) atoms. The van der Waals surface area contributed by atoms with E-state index in [2.05, 4.69) is 18.7 Å². The van der Waals surface area contributed by atoms with Gasteiger partial charge in [0.1, 0.15) is 11.5 Å². The first-order chi connectivity index (χ1) is 16.9. The summed E-state index contributed by atoms with van der Waals surface area (Å²) < 4.78 is 10.8. The molecule has 188 valence electrons. The Bertz CT molecular complexity index is 1090. The molecule has 0 aliphatic carbocycles. The second kappa shape index (κ2) is 11.8. The zero-order chi connectivity index (χ0) is 25.5. The summed E-state index contributed by atoms with van der Waals surface area (Å²) in [4.78, 5) is 30.1. The van der Waals surface area contributed by atoms with E-state index in [-0.39, 0.29) is 22.8 Å². The Kier molecular flexibility index (Phi) is 8.76. The van der Waals surface area contributed by atoms with Crippen molar-refractivity contribution in [1.29, 1.82) is 0 Å². The predicted molar refractivity (Wildman–Crippen MR) is 134 cm³/mol. The molecule has 8 nitrogen and oxygen atoms in total. The number of rotatable bonds is 11. The van der Waals surface area contributed by atoms with E-state index in [1.54, 1.807) is 36.4 Å². The second-order valence-electron chi connectivity index (χ2n) is 8.27. The Morgan fingerprint density at radius 1 is 1.09 bits per heavy atom. The number of carbonyl (C=O) groups excluding carboxylic acids is 2. The largest absolute Gasteiger partial charge is 0.507 e. The number of phenols is 1. The summed E-state index contributed by atoms with van der Waals surface area (Å²) in [5.41, 5.74) is 0.941. The molecule has 1 heterocycles. The van der Waals surface area contributed by atoms with E-state index in [0.717, 1.165) is 19.6 Å². The number of aromatic hydroxyl groups is 1. The molecule has 1 unspecified atom stereocenters. The molecule has 8 heteroatoms. The first-order valence-electron chi connectivity index (χ1n) is 12.0. The van der Waals surface area contributed by atoms with Crippen LogP contribution >= 0.6 is 0 Å². The maximum absolute atomic E-state index is 13.2. The van der Waals surface area contributed by atoms with Gasteiger partial charge in [0.05, 0.1) is 25.3 Å². The standard InChI is InChI=1S/C27H34N2O6/c1-5-28(6-2)14-9-15-29-24(18-12-13-21(30)22(17-18)34-4)23(26(32)27(29)33)25(31)19-10-8-11-20(16-19)35-7-3/h8,10-13,16-17,24,30-31H,5-7,9,14-15H2,1-4H3/b25-23+. The maximum atomic E-state index is 13.2. The van der Waals surface area contributed by atoms with Crippen LogP contribution in [0.1, 0.15) is 44.4 Å². The van der Waals surface area contributed by atoms with Gasteiger partial charge in [-0.15, -0.1) is 0 Å². The molecule has 2 N–H and O–H groups in total. The number of methoxy groups -OCH3 is 1. The number of nitrogens with zero attached hydrogens (tertiary/aromatic N) is 2. The molecule has 0 aromatic heterocycles. The SMILES string of the molecule is CCOc1cccc(/C(O)=C2\C(=O)C(=O)N(CCCN(CC)CC)C2c2ccc(O)c(OC)c2)c1. The zero-order valence-corrected chi connectivity index (χ0v) is 20.8. The lowest BCUT2D eigenvalue weighted by molar-refractivity contribution is -0.140. The summed E-state index contributed by atoms with van der Waals surface area (Å²) in [6, 6.07) is 10.6. The van der Waals surface area contributed by atoms with Crippen LogP contribution in [0.4, 0.5) is 0 Å². The number of aliphatic hydroxyl groups is 1. The summed E-state index contributed by atoms with van der Waals surface area (Å²) in [6.07, 6.45) is 0.667. The van der Waals surface area contributed by atoms with Crippen LogP contribution in [0.25, 0.3) is 5.76 Å². The zero-order valence-electron chi connectivity index (χ0n) is 20.8. The first kappa shape index (κ1) is 26.1. The van der Waals surface area contributed by atoms with Crippen LogP contribution in [0, 0.1) is 0 Å². The fourth-order valence-electron chi connectivity index (χ4n) is 4.38. The summed E-state index contributed by atoms with van der Waals surface area (Å²) >= 11 is 0. The predicted octanol–water partition coefficient (Wildman–Crippen LogP) is 3.95. The second-order valence-corrected chi connectivity index (χ2v) is 8.27. The van der Waals surface area contributed by atoms with E-state index in [0.29, 0.717) is 36.4 Å². The van der Waals surface area contributed by atoms with Crippen molar-refractivity contribution in [3.63, 3.8) is 0 Å². The van der Waals surface area contributed by atoms with Gasteiger partial charge in [-0.1, -0.05) is 32.0 Å². The van der Waals surface area contributed by atoms with E-state index in [9.17, 15) is 19.8 Å². The lowest BCUT2D eigenvalue weighted by Crippen LogP contribution is -2.33. The molecule has 2 aromatic rings. The molecule has 0 bridgehead atoms. The Hall–Kier alpha value is -3.52. The number of aliphatic hydroxyl groups excluding tert-OH is 1. The highest BCUT2D eigenvalue weighted by molar-refractivity contribution is 6.46.